The lowest BCUT2D eigenvalue weighted by Gasteiger charge is -2.31. The molecule has 17 heavy (non-hydrogen) atoms. The van der Waals surface area contributed by atoms with Crippen molar-refractivity contribution in [3.05, 3.63) is 0 Å². The van der Waals surface area contributed by atoms with Crippen LogP contribution in [-0.2, 0) is 10.0 Å². The van der Waals surface area contributed by atoms with Gasteiger partial charge in [-0.2, -0.15) is 11.8 Å². The van der Waals surface area contributed by atoms with Crippen LogP contribution >= 0.6 is 11.8 Å². The Morgan fingerprint density at radius 2 is 2.12 bits per heavy atom. The first-order chi connectivity index (χ1) is 7.80. The Morgan fingerprint density at radius 1 is 1.47 bits per heavy atom. The zero-order chi connectivity index (χ0) is 13.1. The SMILES string of the molecule is CC(O)C(C)SCC1CCCN(S(C)(=O)=O)C1. The predicted octanol–water partition coefficient (Wildman–Crippen LogP) is 1.16. The second-order valence-electron chi connectivity index (χ2n) is 4.91. The van der Waals surface area contributed by atoms with Crippen molar-refractivity contribution in [2.75, 3.05) is 25.1 Å². The minimum absolute atomic E-state index is 0.212. The molecular weight excluding hydrogens is 258 g/mol. The van der Waals surface area contributed by atoms with Gasteiger partial charge in [-0.1, -0.05) is 6.92 Å². The average Bonchev–Trinajstić information content (AvgIpc) is 2.25. The Balaban J connectivity index is 2.40. The number of aliphatic hydroxyl groups excluding tert-OH is 1. The smallest absolute Gasteiger partial charge is 0.211 e. The maximum Gasteiger partial charge on any atom is 0.211 e. The molecule has 1 rings (SSSR count). The van der Waals surface area contributed by atoms with Crippen molar-refractivity contribution in [1.82, 2.24) is 4.31 Å². The van der Waals surface area contributed by atoms with Crippen LogP contribution in [0.1, 0.15) is 26.7 Å². The molecule has 1 aliphatic heterocycles. The fourth-order valence-electron chi connectivity index (χ4n) is 1.89. The summed E-state index contributed by atoms with van der Waals surface area (Å²) in [4.78, 5) is 0. The van der Waals surface area contributed by atoms with Crippen LogP contribution in [-0.4, -0.2) is 54.3 Å². The van der Waals surface area contributed by atoms with Gasteiger partial charge in [-0.3, -0.25) is 0 Å². The molecule has 1 heterocycles. The summed E-state index contributed by atoms with van der Waals surface area (Å²) in [5, 5.41) is 9.62. The molecule has 0 aromatic heterocycles. The van der Waals surface area contributed by atoms with Gasteiger partial charge in [0.25, 0.3) is 0 Å². The number of rotatable bonds is 5. The third-order valence-corrected chi connectivity index (χ3v) is 6.08. The van der Waals surface area contributed by atoms with E-state index in [1.54, 1.807) is 23.0 Å². The Morgan fingerprint density at radius 3 is 2.65 bits per heavy atom. The van der Waals surface area contributed by atoms with Crippen LogP contribution in [0.15, 0.2) is 0 Å². The fraction of sp³-hybridized carbons (Fsp3) is 1.00. The van der Waals surface area contributed by atoms with Crippen molar-refractivity contribution >= 4 is 21.8 Å². The molecule has 3 unspecified atom stereocenters. The van der Waals surface area contributed by atoms with Gasteiger partial charge in [0.15, 0.2) is 0 Å². The topological polar surface area (TPSA) is 57.6 Å². The molecule has 0 saturated carbocycles. The van der Waals surface area contributed by atoms with E-state index in [4.69, 9.17) is 0 Å². The van der Waals surface area contributed by atoms with Gasteiger partial charge in [0.05, 0.1) is 12.4 Å². The lowest BCUT2D eigenvalue weighted by atomic mass is 10.0. The van der Waals surface area contributed by atoms with Crippen LogP contribution in [0.5, 0.6) is 0 Å². The van der Waals surface area contributed by atoms with Gasteiger partial charge < -0.3 is 5.11 Å². The summed E-state index contributed by atoms with van der Waals surface area (Å²) in [6, 6.07) is 0. The van der Waals surface area contributed by atoms with E-state index in [-0.39, 0.29) is 11.4 Å². The molecule has 0 bridgehead atoms. The number of thioether (sulfide) groups is 1. The number of nitrogens with zero attached hydrogens (tertiary/aromatic N) is 1. The zero-order valence-electron chi connectivity index (χ0n) is 10.8. The summed E-state index contributed by atoms with van der Waals surface area (Å²) in [5.74, 6) is 1.35. The van der Waals surface area contributed by atoms with Gasteiger partial charge >= 0.3 is 0 Å². The first kappa shape index (κ1) is 15.3. The molecule has 0 radical (unpaired) electrons. The molecule has 4 nitrogen and oxygen atoms in total. The van der Waals surface area contributed by atoms with Crippen LogP contribution in [0, 0.1) is 5.92 Å². The first-order valence-corrected chi connectivity index (χ1v) is 8.95. The van der Waals surface area contributed by atoms with Crippen molar-refractivity contribution in [2.45, 2.75) is 38.0 Å². The molecule has 0 spiro atoms. The molecule has 0 aromatic rings. The van der Waals surface area contributed by atoms with Gasteiger partial charge in [-0.15, -0.1) is 0 Å². The highest BCUT2D eigenvalue weighted by atomic mass is 32.2. The first-order valence-electron chi connectivity index (χ1n) is 6.05. The molecule has 0 amide bonds. The molecule has 0 aliphatic carbocycles. The van der Waals surface area contributed by atoms with Crippen molar-refractivity contribution in [2.24, 2.45) is 5.92 Å². The molecule has 1 fully saturated rings. The number of sulfonamides is 1. The second kappa shape index (κ2) is 6.41. The number of aliphatic hydroxyl groups is 1. The quantitative estimate of drug-likeness (QED) is 0.821. The minimum Gasteiger partial charge on any atom is -0.392 e. The highest BCUT2D eigenvalue weighted by Gasteiger charge is 2.26. The van der Waals surface area contributed by atoms with Crippen LogP contribution in [0.3, 0.4) is 0 Å². The van der Waals surface area contributed by atoms with E-state index in [2.05, 4.69) is 0 Å². The Kier molecular flexibility index (Phi) is 5.76. The summed E-state index contributed by atoms with van der Waals surface area (Å²) in [5.41, 5.74) is 0. The van der Waals surface area contributed by atoms with Gasteiger partial charge in [-0.25, -0.2) is 12.7 Å². The third-order valence-electron chi connectivity index (χ3n) is 3.22. The fourth-order valence-corrected chi connectivity index (χ4v) is 3.96. The van der Waals surface area contributed by atoms with E-state index >= 15 is 0 Å². The molecule has 1 saturated heterocycles. The maximum absolute atomic E-state index is 11.5. The number of hydrogen-bond donors (Lipinski definition) is 1. The summed E-state index contributed by atoms with van der Waals surface area (Å²) < 4.78 is 24.5. The lowest BCUT2D eigenvalue weighted by molar-refractivity contribution is 0.196. The summed E-state index contributed by atoms with van der Waals surface area (Å²) in [7, 11) is -3.04. The molecule has 1 N–H and O–H groups in total. The Hall–Kier alpha value is 0.220. The van der Waals surface area contributed by atoms with Crippen molar-refractivity contribution in [3.63, 3.8) is 0 Å². The van der Waals surface area contributed by atoms with E-state index in [9.17, 15) is 13.5 Å². The van der Waals surface area contributed by atoms with Gasteiger partial charge in [0, 0.05) is 18.3 Å². The number of piperidine rings is 1. The second-order valence-corrected chi connectivity index (χ2v) is 8.30. The van der Waals surface area contributed by atoms with E-state index in [0.717, 1.165) is 18.6 Å². The summed E-state index contributed by atoms with van der Waals surface area (Å²) >= 11 is 1.73. The molecule has 1 aliphatic rings. The highest BCUT2D eigenvalue weighted by molar-refractivity contribution is 7.99. The van der Waals surface area contributed by atoms with E-state index in [0.29, 0.717) is 19.0 Å². The number of hydrogen-bond acceptors (Lipinski definition) is 4. The monoisotopic (exact) mass is 281 g/mol. The minimum atomic E-state index is -3.04. The molecular formula is C11H23NO3S2. The Bertz CT molecular complexity index is 330. The van der Waals surface area contributed by atoms with E-state index < -0.39 is 10.0 Å². The highest BCUT2D eigenvalue weighted by Crippen LogP contribution is 2.25. The summed E-state index contributed by atoms with van der Waals surface area (Å²) in [6.07, 6.45) is 3.00. The molecule has 0 aromatic carbocycles. The summed E-state index contributed by atoms with van der Waals surface area (Å²) in [6.45, 7) is 5.10. The van der Waals surface area contributed by atoms with Crippen molar-refractivity contribution < 1.29 is 13.5 Å². The van der Waals surface area contributed by atoms with E-state index in [1.165, 1.54) is 6.26 Å². The van der Waals surface area contributed by atoms with Gasteiger partial charge in [0.1, 0.15) is 0 Å². The van der Waals surface area contributed by atoms with Gasteiger partial charge in [-0.05, 0) is 31.4 Å². The third kappa shape index (κ3) is 5.16. The molecule has 102 valence electrons. The largest absolute Gasteiger partial charge is 0.392 e. The molecule has 6 heteroatoms. The average molecular weight is 281 g/mol. The predicted molar refractivity (Wildman–Crippen MR) is 72.7 cm³/mol. The maximum atomic E-state index is 11.5. The molecule has 3 atom stereocenters. The van der Waals surface area contributed by atoms with Crippen LogP contribution in [0.2, 0.25) is 0 Å². The zero-order valence-corrected chi connectivity index (χ0v) is 12.4. The van der Waals surface area contributed by atoms with Gasteiger partial charge in [0.2, 0.25) is 10.0 Å². The normalized spacial score (nSPS) is 26.7. The standard InChI is InChI=1S/C11H23NO3S2/c1-9(13)10(2)16-8-11-5-4-6-12(7-11)17(3,14)15/h9-11,13H,4-8H2,1-3H3. The van der Waals surface area contributed by atoms with Crippen LogP contribution in [0.4, 0.5) is 0 Å². The lowest BCUT2D eigenvalue weighted by Crippen LogP contribution is -2.40. The van der Waals surface area contributed by atoms with Crippen LogP contribution < -0.4 is 0 Å². The van der Waals surface area contributed by atoms with Crippen LogP contribution in [0.25, 0.3) is 0 Å². The Labute approximate surface area is 109 Å². The van der Waals surface area contributed by atoms with E-state index in [1.807, 2.05) is 6.92 Å². The van der Waals surface area contributed by atoms with Crippen molar-refractivity contribution in [1.29, 1.82) is 0 Å². The van der Waals surface area contributed by atoms with Crippen molar-refractivity contribution in [3.8, 4) is 0 Å².